The van der Waals surface area contributed by atoms with E-state index in [-0.39, 0.29) is 5.78 Å². The quantitative estimate of drug-likeness (QED) is 0.761. The normalized spacial score (nSPS) is 16.7. The van der Waals surface area contributed by atoms with Crippen molar-refractivity contribution in [3.63, 3.8) is 0 Å². The minimum Gasteiger partial charge on any atom is -0.385 e. The lowest BCUT2D eigenvalue weighted by Crippen LogP contribution is -2.19. The second-order valence-corrected chi connectivity index (χ2v) is 5.52. The molecular weight excluding hydrogens is 262 g/mol. The van der Waals surface area contributed by atoms with Crippen LogP contribution in [0.2, 0.25) is 0 Å². The van der Waals surface area contributed by atoms with Crippen LogP contribution in [-0.2, 0) is 15.2 Å². The number of benzene rings is 1. The van der Waals surface area contributed by atoms with Gasteiger partial charge in [-0.3, -0.25) is 4.79 Å². The summed E-state index contributed by atoms with van der Waals surface area (Å²) in [5.41, 5.74) is 2.18. The molecule has 0 saturated carbocycles. The van der Waals surface area contributed by atoms with E-state index < -0.39 is 5.60 Å². The van der Waals surface area contributed by atoms with Gasteiger partial charge in [-0.15, -0.1) is 0 Å². The molecule has 0 heterocycles. The third kappa shape index (κ3) is 3.91. The molecule has 21 heavy (non-hydrogen) atoms. The lowest BCUT2D eigenvalue weighted by atomic mass is 9.99. The zero-order chi connectivity index (χ0) is 15.3. The molecule has 3 nitrogen and oxygen atoms in total. The minimum atomic E-state index is -0.481. The monoisotopic (exact) mass is 283 g/mol. The van der Waals surface area contributed by atoms with Gasteiger partial charge in [0, 0.05) is 18.4 Å². The number of oxime groups is 1. The fourth-order valence-corrected chi connectivity index (χ4v) is 2.08. The van der Waals surface area contributed by atoms with Crippen LogP contribution in [0.3, 0.4) is 0 Å². The lowest BCUT2D eigenvalue weighted by Gasteiger charge is -2.23. The molecule has 0 aromatic heterocycles. The van der Waals surface area contributed by atoms with Gasteiger partial charge in [0.2, 0.25) is 0 Å². The van der Waals surface area contributed by atoms with Crippen LogP contribution in [0.5, 0.6) is 0 Å². The van der Waals surface area contributed by atoms with Gasteiger partial charge >= 0.3 is 0 Å². The Bertz CT molecular complexity index is 595. The van der Waals surface area contributed by atoms with Crippen molar-refractivity contribution in [1.29, 1.82) is 0 Å². The highest BCUT2D eigenvalue weighted by Crippen LogP contribution is 2.25. The summed E-state index contributed by atoms with van der Waals surface area (Å²) in [7, 11) is 0. The first-order valence-electron chi connectivity index (χ1n) is 7.25. The number of ketones is 1. The largest absolute Gasteiger partial charge is 0.385 e. The van der Waals surface area contributed by atoms with Gasteiger partial charge in [-0.2, -0.15) is 0 Å². The molecule has 0 saturated heterocycles. The Kier molecular flexibility index (Phi) is 4.73. The average molecular weight is 283 g/mol. The van der Waals surface area contributed by atoms with E-state index in [0.717, 1.165) is 16.8 Å². The van der Waals surface area contributed by atoms with Crippen LogP contribution in [-0.4, -0.2) is 11.5 Å². The molecule has 1 aliphatic rings. The molecule has 0 aliphatic heterocycles. The molecule has 0 spiro atoms. The lowest BCUT2D eigenvalue weighted by molar-refractivity contribution is -0.115. The zero-order valence-electron chi connectivity index (χ0n) is 12.8. The SMILES string of the molecule is CCC(=O)C1=CCC(=NOC(C)(C)c2ccccc2)C=C1. The number of allylic oxidation sites excluding steroid dienone is 4. The number of carbonyl (C=O) groups excluding carboxylic acids is 1. The van der Waals surface area contributed by atoms with E-state index in [1.165, 1.54) is 0 Å². The van der Waals surface area contributed by atoms with Crippen molar-refractivity contribution in [2.24, 2.45) is 5.16 Å². The number of carbonyl (C=O) groups is 1. The van der Waals surface area contributed by atoms with Gasteiger partial charge in [0.05, 0.1) is 5.71 Å². The average Bonchev–Trinajstić information content (AvgIpc) is 2.53. The van der Waals surface area contributed by atoms with Gasteiger partial charge in [-0.05, 0) is 31.6 Å². The fraction of sp³-hybridized carbons (Fsp3) is 0.333. The van der Waals surface area contributed by atoms with Gasteiger partial charge in [0.15, 0.2) is 11.4 Å². The van der Waals surface area contributed by atoms with Gasteiger partial charge in [0.25, 0.3) is 0 Å². The minimum absolute atomic E-state index is 0.163. The van der Waals surface area contributed by atoms with Crippen molar-refractivity contribution in [3.05, 3.63) is 59.7 Å². The van der Waals surface area contributed by atoms with E-state index >= 15 is 0 Å². The van der Waals surface area contributed by atoms with Crippen LogP contribution in [0, 0.1) is 0 Å². The first-order valence-corrected chi connectivity index (χ1v) is 7.25. The van der Waals surface area contributed by atoms with Crippen LogP contribution in [0.25, 0.3) is 0 Å². The van der Waals surface area contributed by atoms with Crippen molar-refractivity contribution < 1.29 is 9.63 Å². The summed E-state index contributed by atoms with van der Waals surface area (Å²) in [6, 6.07) is 10.00. The molecule has 0 atom stereocenters. The smallest absolute Gasteiger partial charge is 0.162 e. The molecule has 1 aromatic carbocycles. The van der Waals surface area contributed by atoms with Crippen molar-refractivity contribution in [2.45, 2.75) is 39.2 Å². The highest BCUT2D eigenvalue weighted by molar-refractivity contribution is 6.04. The highest BCUT2D eigenvalue weighted by atomic mass is 16.6. The Hall–Kier alpha value is -2.16. The Morgan fingerprint density at radius 3 is 2.52 bits per heavy atom. The Balaban J connectivity index is 2.02. The third-order valence-electron chi connectivity index (χ3n) is 3.49. The van der Waals surface area contributed by atoms with Gasteiger partial charge < -0.3 is 4.84 Å². The van der Waals surface area contributed by atoms with E-state index in [1.807, 2.05) is 69.3 Å². The maximum Gasteiger partial charge on any atom is 0.162 e. The Morgan fingerprint density at radius 1 is 1.24 bits per heavy atom. The van der Waals surface area contributed by atoms with Crippen LogP contribution >= 0.6 is 0 Å². The fourth-order valence-electron chi connectivity index (χ4n) is 2.08. The standard InChI is InChI=1S/C18H21NO2/c1-4-17(20)14-10-12-16(13-11-14)19-21-18(2,3)15-8-6-5-7-9-15/h5-12H,4,13H2,1-3H3. The molecule has 110 valence electrons. The first kappa shape index (κ1) is 15.2. The van der Waals surface area contributed by atoms with E-state index in [4.69, 9.17) is 4.84 Å². The van der Waals surface area contributed by atoms with E-state index in [0.29, 0.717) is 12.8 Å². The molecule has 1 aromatic rings. The Morgan fingerprint density at radius 2 is 1.95 bits per heavy atom. The second kappa shape index (κ2) is 6.53. The molecule has 0 radical (unpaired) electrons. The number of nitrogens with zero attached hydrogens (tertiary/aromatic N) is 1. The van der Waals surface area contributed by atoms with Crippen molar-refractivity contribution in [3.8, 4) is 0 Å². The van der Waals surface area contributed by atoms with Crippen molar-refractivity contribution in [2.75, 3.05) is 0 Å². The van der Waals surface area contributed by atoms with E-state index in [1.54, 1.807) is 0 Å². The maximum atomic E-state index is 11.6. The predicted octanol–water partition coefficient (Wildman–Crippen LogP) is 4.16. The third-order valence-corrected chi connectivity index (χ3v) is 3.49. The molecule has 0 fully saturated rings. The topological polar surface area (TPSA) is 38.7 Å². The molecule has 0 bridgehead atoms. The Labute approximate surface area is 126 Å². The summed E-state index contributed by atoms with van der Waals surface area (Å²) in [5.74, 6) is 0.163. The maximum absolute atomic E-state index is 11.6. The van der Waals surface area contributed by atoms with Crippen LogP contribution in [0.4, 0.5) is 0 Å². The first-order chi connectivity index (χ1) is 10.0. The summed E-state index contributed by atoms with van der Waals surface area (Å²) in [6.07, 6.45) is 6.73. The molecule has 2 rings (SSSR count). The zero-order valence-corrected chi connectivity index (χ0v) is 12.8. The van der Waals surface area contributed by atoms with E-state index in [2.05, 4.69) is 5.16 Å². The van der Waals surface area contributed by atoms with Crippen LogP contribution in [0.1, 0.15) is 39.2 Å². The van der Waals surface area contributed by atoms with Gasteiger partial charge in [0.1, 0.15) is 0 Å². The molecule has 1 aliphatic carbocycles. The summed E-state index contributed by atoms with van der Waals surface area (Å²) in [4.78, 5) is 17.3. The highest BCUT2D eigenvalue weighted by Gasteiger charge is 2.22. The molecule has 0 amide bonds. The van der Waals surface area contributed by atoms with Crippen molar-refractivity contribution >= 4 is 11.5 Å². The van der Waals surface area contributed by atoms with E-state index in [9.17, 15) is 4.79 Å². The molecule has 0 N–H and O–H groups in total. The van der Waals surface area contributed by atoms with Gasteiger partial charge in [-0.1, -0.05) is 48.5 Å². The second-order valence-electron chi connectivity index (χ2n) is 5.52. The molecular formula is C18H21NO2. The summed E-state index contributed by atoms with van der Waals surface area (Å²) < 4.78 is 0. The van der Waals surface area contributed by atoms with Gasteiger partial charge in [-0.25, -0.2) is 0 Å². The van der Waals surface area contributed by atoms with Crippen LogP contribution < -0.4 is 0 Å². The van der Waals surface area contributed by atoms with Crippen LogP contribution in [0.15, 0.2) is 59.3 Å². The predicted molar refractivity (Wildman–Crippen MR) is 85.1 cm³/mol. The number of hydrogen-bond acceptors (Lipinski definition) is 3. The number of hydrogen-bond donors (Lipinski definition) is 0. The summed E-state index contributed by atoms with van der Waals surface area (Å²) >= 11 is 0. The summed E-state index contributed by atoms with van der Waals surface area (Å²) in [6.45, 7) is 5.84. The molecule has 0 unspecified atom stereocenters. The summed E-state index contributed by atoms with van der Waals surface area (Å²) in [5, 5.41) is 4.22. The number of Topliss-reactive ketones (excluding diaryl/α,β-unsaturated/α-hetero) is 1. The van der Waals surface area contributed by atoms with Crippen molar-refractivity contribution in [1.82, 2.24) is 0 Å². The molecule has 3 heteroatoms. The number of rotatable bonds is 5.